The zero-order valence-electron chi connectivity index (χ0n) is 12.4. The maximum absolute atomic E-state index is 11.0. The second-order valence-corrected chi connectivity index (χ2v) is 5.23. The molecule has 2 rings (SSSR count). The van der Waals surface area contributed by atoms with E-state index in [1.54, 1.807) is 13.2 Å². The molecule has 4 nitrogen and oxygen atoms in total. The molecule has 0 atom stereocenters. The van der Waals surface area contributed by atoms with Crippen LogP contribution in [0, 0.1) is 0 Å². The van der Waals surface area contributed by atoms with Gasteiger partial charge in [0.1, 0.15) is 12.0 Å². The molecular formula is C16H24N2O2. The number of benzene rings is 1. The van der Waals surface area contributed by atoms with Crippen LogP contribution in [0.3, 0.4) is 0 Å². The third-order valence-corrected chi connectivity index (χ3v) is 4.05. The Morgan fingerprint density at radius 3 is 2.75 bits per heavy atom. The number of nitrogens with zero attached hydrogens (tertiary/aromatic N) is 1. The summed E-state index contributed by atoms with van der Waals surface area (Å²) in [4.78, 5) is 13.4. The minimum Gasteiger partial charge on any atom is -0.496 e. The molecule has 1 heterocycles. The van der Waals surface area contributed by atoms with E-state index in [9.17, 15) is 4.79 Å². The molecule has 1 aliphatic rings. The fourth-order valence-electron chi connectivity index (χ4n) is 2.89. The van der Waals surface area contributed by atoms with Gasteiger partial charge in [0.15, 0.2) is 0 Å². The van der Waals surface area contributed by atoms with Crippen molar-refractivity contribution in [1.29, 1.82) is 0 Å². The highest BCUT2D eigenvalue weighted by Crippen LogP contribution is 2.23. The maximum Gasteiger partial charge on any atom is 0.150 e. The Bertz CT molecular complexity index is 442. The van der Waals surface area contributed by atoms with Gasteiger partial charge in [-0.25, -0.2) is 0 Å². The molecule has 1 aromatic rings. The number of rotatable bonds is 6. The van der Waals surface area contributed by atoms with Crippen LogP contribution in [-0.4, -0.2) is 44.0 Å². The molecule has 4 heteroatoms. The summed E-state index contributed by atoms with van der Waals surface area (Å²) in [7, 11) is 1.68. The molecular weight excluding hydrogens is 252 g/mol. The van der Waals surface area contributed by atoms with Gasteiger partial charge in [-0.15, -0.1) is 0 Å². The highest BCUT2D eigenvalue weighted by atomic mass is 16.5. The lowest BCUT2D eigenvalue weighted by molar-refractivity contribution is 0.112. The van der Waals surface area contributed by atoms with E-state index in [0.29, 0.717) is 11.6 Å². The predicted octanol–water partition coefficient (Wildman–Crippen LogP) is 2.08. The molecule has 0 bridgehead atoms. The van der Waals surface area contributed by atoms with Crippen molar-refractivity contribution in [3.8, 4) is 5.75 Å². The van der Waals surface area contributed by atoms with Gasteiger partial charge in [-0.3, -0.25) is 9.69 Å². The molecule has 0 spiro atoms. The van der Waals surface area contributed by atoms with E-state index in [0.717, 1.165) is 43.8 Å². The minimum atomic E-state index is 0.617. The zero-order chi connectivity index (χ0) is 14.4. The monoisotopic (exact) mass is 276 g/mol. The Morgan fingerprint density at radius 2 is 2.15 bits per heavy atom. The van der Waals surface area contributed by atoms with Gasteiger partial charge < -0.3 is 10.1 Å². The summed E-state index contributed by atoms with van der Waals surface area (Å²) in [6, 6.07) is 6.24. The SMILES string of the molecule is CCN(Cc1cc(C=O)ccc1OC)C1CCNCC1. The molecule has 0 aromatic heterocycles. The summed E-state index contributed by atoms with van der Waals surface area (Å²) in [6.07, 6.45) is 3.26. The third kappa shape index (κ3) is 3.58. The molecule has 0 unspecified atom stereocenters. The first-order valence-electron chi connectivity index (χ1n) is 7.35. The van der Waals surface area contributed by atoms with Crippen LogP contribution in [0.25, 0.3) is 0 Å². The van der Waals surface area contributed by atoms with Crippen LogP contribution in [0.5, 0.6) is 5.75 Å². The van der Waals surface area contributed by atoms with Gasteiger partial charge >= 0.3 is 0 Å². The van der Waals surface area contributed by atoms with Crippen LogP contribution in [0.2, 0.25) is 0 Å². The van der Waals surface area contributed by atoms with Crippen molar-refractivity contribution in [2.45, 2.75) is 32.4 Å². The normalized spacial score (nSPS) is 16.4. The highest BCUT2D eigenvalue weighted by Gasteiger charge is 2.20. The van der Waals surface area contributed by atoms with E-state index < -0.39 is 0 Å². The standard InChI is InChI=1S/C16H24N2O2/c1-3-18(15-6-8-17-9-7-15)11-14-10-13(12-19)4-5-16(14)20-2/h4-5,10,12,15,17H,3,6-9,11H2,1-2H3. The van der Waals surface area contributed by atoms with Crippen molar-refractivity contribution in [3.63, 3.8) is 0 Å². The van der Waals surface area contributed by atoms with E-state index in [1.165, 1.54) is 12.8 Å². The largest absolute Gasteiger partial charge is 0.496 e. The van der Waals surface area contributed by atoms with E-state index in [2.05, 4.69) is 17.1 Å². The van der Waals surface area contributed by atoms with E-state index in [1.807, 2.05) is 12.1 Å². The van der Waals surface area contributed by atoms with E-state index >= 15 is 0 Å². The van der Waals surface area contributed by atoms with Gasteiger partial charge in [0, 0.05) is 23.7 Å². The summed E-state index contributed by atoms with van der Waals surface area (Å²) in [5, 5.41) is 3.40. The lowest BCUT2D eigenvalue weighted by Crippen LogP contribution is -2.42. The number of ether oxygens (including phenoxy) is 1. The predicted molar refractivity (Wildman–Crippen MR) is 80.4 cm³/mol. The van der Waals surface area contributed by atoms with Gasteiger partial charge in [0.2, 0.25) is 0 Å². The zero-order valence-corrected chi connectivity index (χ0v) is 12.4. The van der Waals surface area contributed by atoms with Crippen molar-refractivity contribution in [2.75, 3.05) is 26.7 Å². The molecule has 0 radical (unpaired) electrons. The summed E-state index contributed by atoms with van der Waals surface area (Å²) in [6.45, 7) is 6.22. The molecule has 0 saturated carbocycles. The van der Waals surface area contributed by atoms with Gasteiger partial charge in [-0.2, -0.15) is 0 Å². The average molecular weight is 276 g/mol. The van der Waals surface area contributed by atoms with Crippen molar-refractivity contribution in [2.24, 2.45) is 0 Å². The number of piperidine rings is 1. The first-order valence-corrected chi connectivity index (χ1v) is 7.35. The van der Waals surface area contributed by atoms with Crippen LogP contribution in [0.15, 0.2) is 18.2 Å². The second kappa shape index (κ2) is 7.41. The van der Waals surface area contributed by atoms with Crippen molar-refractivity contribution < 1.29 is 9.53 Å². The molecule has 1 N–H and O–H groups in total. The topological polar surface area (TPSA) is 41.6 Å². The number of carbonyl (C=O) groups is 1. The molecule has 0 amide bonds. The molecule has 1 aliphatic heterocycles. The number of hydrogen-bond donors (Lipinski definition) is 1. The second-order valence-electron chi connectivity index (χ2n) is 5.23. The van der Waals surface area contributed by atoms with Gasteiger partial charge in [0.05, 0.1) is 7.11 Å². The molecule has 1 aromatic carbocycles. The number of aldehydes is 1. The van der Waals surface area contributed by atoms with Crippen LogP contribution < -0.4 is 10.1 Å². The quantitative estimate of drug-likeness (QED) is 0.808. The average Bonchev–Trinajstić information content (AvgIpc) is 2.53. The molecule has 1 fully saturated rings. The summed E-state index contributed by atoms with van der Waals surface area (Å²) in [5.74, 6) is 0.864. The Hall–Kier alpha value is -1.39. The fourth-order valence-corrected chi connectivity index (χ4v) is 2.89. The maximum atomic E-state index is 11.0. The Morgan fingerprint density at radius 1 is 1.40 bits per heavy atom. The van der Waals surface area contributed by atoms with Crippen LogP contribution in [0.4, 0.5) is 0 Å². The number of methoxy groups -OCH3 is 1. The number of hydrogen-bond acceptors (Lipinski definition) is 4. The smallest absolute Gasteiger partial charge is 0.150 e. The van der Waals surface area contributed by atoms with Crippen molar-refractivity contribution in [1.82, 2.24) is 10.2 Å². The van der Waals surface area contributed by atoms with Gasteiger partial charge in [-0.05, 0) is 50.7 Å². The van der Waals surface area contributed by atoms with Crippen LogP contribution in [-0.2, 0) is 6.54 Å². The Kier molecular flexibility index (Phi) is 5.56. The molecule has 110 valence electrons. The van der Waals surface area contributed by atoms with Crippen LogP contribution in [0.1, 0.15) is 35.7 Å². The first-order chi connectivity index (χ1) is 9.78. The lowest BCUT2D eigenvalue weighted by Gasteiger charge is -2.34. The molecule has 20 heavy (non-hydrogen) atoms. The summed E-state index contributed by atoms with van der Waals surface area (Å²) >= 11 is 0. The summed E-state index contributed by atoms with van der Waals surface area (Å²) < 4.78 is 5.42. The van der Waals surface area contributed by atoms with Crippen molar-refractivity contribution >= 4 is 6.29 Å². The summed E-state index contributed by atoms with van der Waals surface area (Å²) in [5.41, 5.74) is 1.81. The lowest BCUT2D eigenvalue weighted by atomic mass is 10.0. The van der Waals surface area contributed by atoms with Gasteiger partial charge in [-0.1, -0.05) is 6.92 Å². The van der Waals surface area contributed by atoms with Crippen LogP contribution >= 0.6 is 0 Å². The Balaban J connectivity index is 2.14. The van der Waals surface area contributed by atoms with Gasteiger partial charge in [0.25, 0.3) is 0 Å². The Labute approximate surface area is 121 Å². The third-order valence-electron chi connectivity index (χ3n) is 4.05. The van der Waals surface area contributed by atoms with Crippen molar-refractivity contribution in [3.05, 3.63) is 29.3 Å². The van der Waals surface area contributed by atoms with E-state index in [4.69, 9.17) is 4.74 Å². The molecule has 1 saturated heterocycles. The number of carbonyl (C=O) groups excluding carboxylic acids is 1. The minimum absolute atomic E-state index is 0.617. The molecule has 0 aliphatic carbocycles. The fraction of sp³-hybridized carbons (Fsp3) is 0.562. The highest BCUT2D eigenvalue weighted by molar-refractivity contribution is 5.75. The van der Waals surface area contributed by atoms with E-state index in [-0.39, 0.29) is 0 Å². The first kappa shape index (κ1) is 15.0. The number of nitrogens with one attached hydrogen (secondary N) is 1.